The van der Waals surface area contributed by atoms with E-state index in [9.17, 15) is 13.2 Å². The Hall–Kier alpha value is -1.52. The van der Waals surface area contributed by atoms with Crippen molar-refractivity contribution in [3.05, 3.63) is 11.8 Å². The lowest BCUT2D eigenvalue weighted by atomic mass is 10.0. The molecule has 128 valence electrons. The van der Waals surface area contributed by atoms with Gasteiger partial charge in [0.15, 0.2) is 9.84 Å². The van der Waals surface area contributed by atoms with E-state index in [0.29, 0.717) is 31.4 Å². The Morgan fingerprint density at radius 1 is 1.30 bits per heavy atom. The fourth-order valence-corrected chi connectivity index (χ4v) is 5.32. The molecule has 1 amide bonds. The van der Waals surface area contributed by atoms with Crippen LogP contribution in [0.4, 0.5) is 0 Å². The van der Waals surface area contributed by atoms with E-state index in [-0.39, 0.29) is 36.1 Å². The van der Waals surface area contributed by atoms with Gasteiger partial charge in [0.2, 0.25) is 17.7 Å². The van der Waals surface area contributed by atoms with Gasteiger partial charge < -0.3 is 14.1 Å². The largest absolute Gasteiger partial charge is 0.424 e. The Labute approximate surface area is 134 Å². The molecular formula is C13H20N4O5S. The summed E-state index contributed by atoms with van der Waals surface area (Å²) in [6, 6.07) is -0.595. The second kappa shape index (κ2) is 6.17. The van der Waals surface area contributed by atoms with Crippen LogP contribution < -0.4 is 0 Å². The van der Waals surface area contributed by atoms with E-state index >= 15 is 0 Å². The molecule has 2 aliphatic rings. The van der Waals surface area contributed by atoms with Crippen molar-refractivity contribution in [1.29, 1.82) is 0 Å². The summed E-state index contributed by atoms with van der Waals surface area (Å²) >= 11 is 0. The van der Waals surface area contributed by atoms with Gasteiger partial charge in [-0.3, -0.25) is 9.69 Å². The van der Waals surface area contributed by atoms with E-state index in [1.807, 2.05) is 4.90 Å². The lowest BCUT2D eigenvalue weighted by molar-refractivity contribution is -0.141. The average Bonchev–Trinajstić information content (AvgIpc) is 3.01. The molecule has 0 aromatic carbocycles. The van der Waals surface area contributed by atoms with Crippen molar-refractivity contribution in [3.8, 4) is 0 Å². The zero-order valence-electron chi connectivity index (χ0n) is 13.1. The predicted molar refractivity (Wildman–Crippen MR) is 79.3 cm³/mol. The molecule has 1 aromatic heterocycles. The van der Waals surface area contributed by atoms with E-state index in [0.717, 1.165) is 0 Å². The number of carbonyl (C=O) groups excluding carboxylic acids is 1. The Morgan fingerprint density at radius 2 is 2.04 bits per heavy atom. The highest BCUT2D eigenvalue weighted by Crippen LogP contribution is 2.28. The number of aromatic nitrogens is 2. The molecule has 0 unspecified atom stereocenters. The number of carbonyl (C=O) groups is 1. The molecule has 2 aliphatic heterocycles. The van der Waals surface area contributed by atoms with Gasteiger partial charge in [0, 0.05) is 33.2 Å². The molecule has 23 heavy (non-hydrogen) atoms. The van der Waals surface area contributed by atoms with Crippen LogP contribution >= 0.6 is 0 Å². The van der Waals surface area contributed by atoms with Crippen molar-refractivity contribution in [2.24, 2.45) is 0 Å². The van der Waals surface area contributed by atoms with Crippen LogP contribution in [0.1, 0.15) is 11.8 Å². The van der Waals surface area contributed by atoms with Crippen LogP contribution in [0.15, 0.2) is 4.42 Å². The minimum Gasteiger partial charge on any atom is -0.424 e. The first kappa shape index (κ1) is 16.3. The molecule has 10 heteroatoms. The van der Waals surface area contributed by atoms with Crippen LogP contribution in [0, 0.1) is 6.92 Å². The van der Waals surface area contributed by atoms with E-state index in [1.165, 1.54) is 7.11 Å². The van der Waals surface area contributed by atoms with Crippen LogP contribution in [0.25, 0.3) is 0 Å². The minimum atomic E-state index is -3.17. The molecule has 3 heterocycles. The molecular weight excluding hydrogens is 324 g/mol. The topological polar surface area (TPSA) is 106 Å². The zero-order chi connectivity index (χ0) is 16.6. The van der Waals surface area contributed by atoms with Crippen molar-refractivity contribution < 1.29 is 22.4 Å². The maximum atomic E-state index is 12.2. The molecule has 9 nitrogen and oxygen atoms in total. The summed E-state index contributed by atoms with van der Waals surface area (Å²) in [7, 11) is -1.72. The highest BCUT2D eigenvalue weighted by Gasteiger charge is 2.48. The monoisotopic (exact) mass is 344 g/mol. The summed E-state index contributed by atoms with van der Waals surface area (Å²) in [6.45, 7) is 3.09. The van der Waals surface area contributed by atoms with E-state index in [2.05, 4.69) is 10.2 Å². The lowest BCUT2D eigenvalue weighted by Gasteiger charge is -2.43. The van der Waals surface area contributed by atoms with Crippen LogP contribution in [0.2, 0.25) is 0 Å². The number of hydrogen-bond acceptors (Lipinski definition) is 8. The summed E-state index contributed by atoms with van der Waals surface area (Å²) in [5.74, 6) is 0.799. The first-order valence-corrected chi connectivity index (χ1v) is 9.23. The Morgan fingerprint density at radius 3 is 2.70 bits per heavy atom. The molecule has 2 atom stereocenters. The number of nitrogens with zero attached hydrogens (tertiary/aromatic N) is 4. The first-order chi connectivity index (χ1) is 10.9. The van der Waals surface area contributed by atoms with Gasteiger partial charge in [-0.15, -0.1) is 10.2 Å². The third-order valence-corrected chi connectivity index (χ3v) is 5.98. The summed E-state index contributed by atoms with van der Waals surface area (Å²) in [6.07, 6.45) is 0. The molecule has 0 saturated carbocycles. The van der Waals surface area contributed by atoms with Gasteiger partial charge >= 0.3 is 0 Å². The standard InChI is InChI=1S/C13H20N4O5S/c1-9-14-15-12(22-9)5-16-3-4-17(13(18)6-21-2)11-8-23(19,20)7-10(11)16/h10-11H,3-8H2,1-2H3/t10-,11+/m0/s1. The summed E-state index contributed by atoms with van der Waals surface area (Å²) < 4.78 is 34.4. The Kier molecular flexibility index (Phi) is 4.39. The number of hydrogen-bond donors (Lipinski definition) is 0. The minimum absolute atomic E-state index is 0.00746. The molecule has 3 rings (SSSR count). The van der Waals surface area contributed by atoms with Gasteiger partial charge in [-0.25, -0.2) is 8.42 Å². The Balaban J connectivity index is 1.79. The highest BCUT2D eigenvalue weighted by atomic mass is 32.2. The smallest absolute Gasteiger partial charge is 0.248 e. The average molecular weight is 344 g/mol. The fraction of sp³-hybridized carbons (Fsp3) is 0.769. The quantitative estimate of drug-likeness (QED) is 0.673. The number of amides is 1. The third-order valence-electron chi connectivity index (χ3n) is 4.29. The number of sulfone groups is 1. The molecule has 2 saturated heterocycles. The summed E-state index contributed by atoms with van der Waals surface area (Å²) in [5, 5.41) is 7.76. The van der Waals surface area contributed by atoms with Crippen molar-refractivity contribution in [2.45, 2.75) is 25.6 Å². The molecule has 0 spiro atoms. The zero-order valence-corrected chi connectivity index (χ0v) is 14.0. The van der Waals surface area contributed by atoms with Gasteiger partial charge in [-0.1, -0.05) is 0 Å². The molecule has 0 aliphatic carbocycles. The predicted octanol–water partition coefficient (Wildman–Crippen LogP) is -1.17. The second-order valence-electron chi connectivity index (χ2n) is 5.92. The molecule has 1 aromatic rings. The van der Waals surface area contributed by atoms with Gasteiger partial charge in [-0.05, 0) is 0 Å². The first-order valence-electron chi connectivity index (χ1n) is 7.41. The molecule has 0 bridgehead atoms. The molecule has 0 radical (unpaired) electrons. The van der Waals surface area contributed by atoms with Crippen molar-refractivity contribution in [2.75, 3.05) is 38.3 Å². The third kappa shape index (κ3) is 3.38. The van der Waals surface area contributed by atoms with E-state index in [1.54, 1.807) is 11.8 Å². The van der Waals surface area contributed by atoms with Crippen molar-refractivity contribution in [3.63, 3.8) is 0 Å². The second-order valence-corrected chi connectivity index (χ2v) is 8.07. The maximum absolute atomic E-state index is 12.2. The van der Waals surface area contributed by atoms with Crippen LogP contribution in [0.3, 0.4) is 0 Å². The van der Waals surface area contributed by atoms with Crippen LogP contribution in [0.5, 0.6) is 0 Å². The van der Waals surface area contributed by atoms with Crippen molar-refractivity contribution in [1.82, 2.24) is 20.0 Å². The number of ether oxygens (including phenoxy) is 1. The number of aryl methyl sites for hydroxylation is 1. The Bertz CT molecular complexity index is 688. The van der Waals surface area contributed by atoms with Gasteiger partial charge in [-0.2, -0.15) is 0 Å². The van der Waals surface area contributed by atoms with Crippen LogP contribution in [-0.4, -0.2) is 84.7 Å². The van der Waals surface area contributed by atoms with Crippen molar-refractivity contribution >= 4 is 15.7 Å². The molecule has 0 N–H and O–H groups in total. The lowest BCUT2D eigenvalue weighted by Crippen LogP contribution is -2.60. The highest BCUT2D eigenvalue weighted by molar-refractivity contribution is 7.91. The molecule has 2 fully saturated rings. The summed E-state index contributed by atoms with van der Waals surface area (Å²) in [4.78, 5) is 15.8. The van der Waals surface area contributed by atoms with E-state index in [4.69, 9.17) is 9.15 Å². The summed E-state index contributed by atoms with van der Waals surface area (Å²) in [5.41, 5.74) is 0. The van der Waals surface area contributed by atoms with E-state index < -0.39 is 9.84 Å². The number of fused-ring (bicyclic) bond motifs is 1. The number of piperazine rings is 1. The van der Waals surface area contributed by atoms with Gasteiger partial charge in [0.05, 0.1) is 24.1 Å². The number of methoxy groups -OCH3 is 1. The fourth-order valence-electron chi connectivity index (χ4n) is 3.31. The van der Waals surface area contributed by atoms with Gasteiger partial charge in [0.1, 0.15) is 6.61 Å². The normalized spacial score (nSPS) is 27.1. The maximum Gasteiger partial charge on any atom is 0.248 e. The van der Waals surface area contributed by atoms with Crippen LogP contribution in [-0.2, 0) is 25.9 Å². The van der Waals surface area contributed by atoms with Gasteiger partial charge in [0.25, 0.3) is 0 Å². The SMILES string of the molecule is COCC(=O)N1CCN(Cc2nnc(C)o2)[C@H]2CS(=O)(=O)C[C@H]21. The number of rotatable bonds is 4.